The van der Waals surface area contributed by atoms with Crippen molar-refractivity contribution in [2.24, 2.45) is 0 Å². The van der Waals surface area contributed by atoms with Crippen molar-refractivity contribution in [2.75, 3.05) is 13.2 Å². The van der Waals surface area contributed by atoms with Crippen LogP contribution in [0.3, 0.4) is 0 Å². The summed E-state index contributed by atoms with van der Waals surface area (Å²) < 4.78 is 32.5. The van der Waals surface area contributed by atoms with Crippen LogP contribution in [0, 0.1) is 0 Å². The summed E-state index contributed by atoms with van der Waals surface area (Å²) in [6.45, 7) is 0.702. The minimum atomic E-state index is -3.63. The molecule has 0 N–H and O–H groups in total. The zero-order valence-corrected chi connectivity index (χ0v) is 12.7. The average molecular weight is 324 g/mol. The number of rotatable bonds is 3. The van der Waals surface area contributed by atoms with E-state index in [1.54, 1.807) is 18.2 Å². The zero-order valence-electron chi connectivity index (χ0n) is 11.1. The van der Waals surface area contributed by atoms with Gasteiger partial charge in [-0.1, -0.05) is 48.0 Å². The van der Waals surface area contributed by atoms with Gasteiger partial charge in [0.1, 0.15) is 6.23 Å². The van der Waals surface area contributed by atoms with Gasteiger partial charge in [0.2, 0.25) is 10.0 Å². The molecule has 1 fully saturated rings. The van der Waals surface area contributed by atoms with Crippen LogP contribution in [0.25, 0.3) is 0 Å². The smallest absolute Gasteiger partial charge is 0.245 e. The lowest BCUT2D eigenvalue weighted by atomic mass is 10.2. The molecule has 1 heterocycles. The van der Waals surface area contributed by atoms with Gasteiger partial charge in [0.05, 0.1) is 11.5 Å². The largest absolute Gasteiger partial charge is 0.356 e. The molecule has 2 aromatic rings. The third-order valence-electron chi connectivity index (χ3n) is 3.34. The molecular weight excluding hydrogens is 310 g/mol. The molecule has 1 atom stereocenters. The van der Waals surface area contributed by atoms with Crippen LogP contribution < -0.4 is 0 Å². The van der Waals surface area contributed by atoms with Gasteiger partial charge in [-0.15, -0.1) is 0 Å². The Bertz CT molecular complexity index is 734. The Kier molecular flexibility index (Phi) is 3.99. The van der Waals surface area contributed by atoms with E-state index in [0.29, 0.717) is 18.2 Å². The minimum Gasteiger partial charge on any atom is -0.356 e. The van der Waals surface area contributed by atoms with Crippen LogP contribution in [0.2, 0.25) is 5.02 Å². The summed E-state index contributed by atoms with van der Waals surface area (Å²) >= 11 is 5.90. The molecule has 0 amide bonds. The first-order valence-electron chi connectivity index (χ1n) is 6.53. The Balaban J connectivity index is 1.98. The van der Waals surface area contributed by atoms with Crippen molar-refractivity contribution in [3.05, 3.63) is 65.2 Å². The van der Waals surface area contributed by atoms with Crippen LogP contribution >= 0.6 is 11.6 Å². The molecule has 3 rings (SSSR count). The highest BCUT2D eigenvalue weighted by Crippen LogP contribution is 2.32. The molecule has 1 unspecified atom stereocenters. The van der Waals surface area contributed by atoms with Gasteiger partial charge in [-0.05, 0) is 23.8 Å². The number of benzene rings is 2. The fraction of sp³-hybridized carbons (Fsp3) is 0.200. The van der Waals surface area contributed by atoms with E-state index in [2.05, 4.69) is 0 Å². The third-order valence-corrected chi connectivity index (χ3v) is 5.41. The van der Waals surface area contributed by atoms with E-state index in [-0.39, 0.29) is 4.90 Å². The van der Waals surface area contributed by atoms with Gasteiger partial charge < -0.3 is 4.74 Å². The predicted molar refractivity (Wildman–Crippen MR) is 80.5 cm³/mol. The molecular formula is C15H14ClNO3S. The molecule has 0 aromatic heterocycles. The highest BCUT2D eigenvalue weighted by Gasteiger charge is 2.37. The van der Waals surface area contributed by atoms with Crippen molar-refractivity contribution in [1.29, 1.82) is 0 Å². The van der Waals surface area contributed by atoms with Crippen LogP contribution in [-0.2, 0) is 14.8 Å². The van der Waals surface area contributed by atoms with Gasteiger partial charge in [-0.25, -0.2) is 8.42 Å². The second-order valence-corrected chi connectivity index (χ2v) is 7.03. The van der Waals surface area contributed by atoms with Crippen LogP contribution in [0.1, 0.15) is 11.8 Å². The Labute approximate surface area is 129 Å². The van der Waals surface area contributed by atoms with Gasteiger partial charge in [-0.3, -0.25) is 0 Å². The van der Waals surface area contributed by atoms with Crippen LogP contribution in [0.15, 0.2) is 59.5 Å². The van der Waals surface area contributed by atoms with E-state index in [1.807, 2.05) is 30.3 Å². The highest BCUT2D eigenvalue weighted by molar-refractivity contribution is 7.89. The molecule has 0 bridgehead atoms. The molecule has 2 aromatic carbocycles. The molecule has 0 radical (unpaired) electrons. The summed E-state index contributed by atoms with van der Waals surface area (Å²) in [6, 6.07) is 15.6. The molecule has 0 aliphatic carbocycles. The molecule has 1 aliphatic rings. The topological polar surface area (TPSA) is 46.6 Å². The lowest BCUT2D eigenvalue weighted by Gasteiger charge is -2.23. The van der Waals surface area contributed by atoms with E-state index in [9.17, 15) is 8.42 Å². The molecule has 110 valence electrons. The molecule has 0 spiro atoms. The van der Waals surface area contributed by atoms with E-state index in [4.69, 9.17) is 16.3 Å². The van der Waals surface area contributed by atoms with Crippen molar-refractivity contribution in [3.8, 4) is 0 Å². The third kappa shape index (κ3) is 2.82. The summed E-state index contributed by atoms with van der Waals surface area (Å²) in [4.78, 5) is 0.182. The van der Waals surface area contributed by atoms with Gasteiger partial charge in [0, 0.05) is 11.6 Å². The summed E-state index contributed by atoms with van der Waals surface area (Å²) in [5.41, 5.74) is 0.820. The maximum atomic E-state index is 12.8. The van der Waals surface area contributed by atoms with Crippen LogP contribution in [-0.4, -0.2) is 25.9 Å². The Hall–Kier alpha value is -1.40. The molecule has 1 aliphatic heterocycles. The van der Waals surface area contributed by atoms with Crippen molar-refractivity contribution < 1.29 is 13.2 Å². The Morgan fingerprint density at radius 3 is 2.57 bits per heavy atom. The average Bonchev–Trinajstić information content (AvgIpc) is 2.98. The number of sulfonamides is 1. The zero-order chi connectivity index (χ0) is 14.9. The Morgan fingerprint density at radius 2 is 1.86 bits per heavy atom. The maximum absolute atomic E-state index is 12.8. The lowest BCUT2D eigenvalue weighted by Crippen LogP contribution is -2.31. The first kappa shape index (κ1) is 14.5. The monoisotopic (exact) mass is 323 g/mol. The first-order chi connectivity index (χ1) is 10.1. The minimum absolute atomic E-state index is 0.182. The van der Waals surface area contributed by atoms with Crippen molar-refractivity contribution in [1.82, 2.24) is 4.31 Å². The van der Waals surface area contributed by atoms with Gasteiger partial charge in [0.15, 0.2) is 0 Å². The normalized spacial score (nSPS) is 19.8. The van der Waals surface area contributed by atoms with Gasteiger partial charge in [-0.2, -0.15) is 4.31 Å². The summed E-state index contributed by atoms with van der Waals surface area (Å²) in [5.74, 6) is 0. The first-order valence-corrected chi connectivity index (χ1v) is 8.35. The van der Waals surface area contributed by atoms with Crippen molar-refractivity contribution in [2.45, 2.75) is 11.1 Å². The molecule has 1 saturated heterocycles. The molecule has 0 saturated carbocycles. The standard InChI is InChI=1S/C15H14ClNO3S/c16-13-7-4-8-14(11-13)21(18,19)17-9-10-20-15(17)12-5-2-1-3-6-12/h1-8,11,15H,9-10H2. The van der Waals surface area contributed by atoms with E-state index in [0.717, 1.165) is 5.56 Å². The number of ether oxygens (including phenoxy) is 1. The molecule has 6 heteroatoms. The second kappa shape index (κ2) is 5.77. The highest BCUT2D eigenvalue weighted by atomic mass is 35.5. The second-order valence-electron chi connectivity index (χ2n) is 4.71. The fourth-order valence-corrected chi connectivity index (χ4v) is 4.15. The molecule has 21 heavy (non-hydrogen) atoms. The van der Waals surface area contributed by atoms with E-state index in [1.165, 1.54) is 10.4 Å². The quantitative estimate of drug-likeness (QED) is 0.872. The van der Waals surface area contributed by atoms with Crippen LogP contribution in [0.5, 0.6) is 0 Å². The maximum Gasteiger partial charge on any atom is 0.245 e. The number of hydrogen-bond donors (Lipinski definition) is 0. The lowest BCUT2D eigenvalue weighted by molar-refractivity contribution is 0.0683. The van der Waals surface area contributed by atoms with Crippen LogP contribution in [0.4, 0.5) is 0 Å². The predicted octanol–water partition coefficient (Wildman–Crippen LogP) is 3.06. The Morgan fingerprint density at radius 1 is 1.10 bits per heavy atom. The number of nitrogens with zero attached hydrogens (tertiary/aromatic N) is 1. The van der Waals surface area contributed by atoms with E-state index < -0.39 is 16.3 Å². The van der Waals surface area contributed by atoms with Gasteiger partial charge in [0.25, 0.3) is 0 Å². The summed E-state index contributed by atoms with van der Waals surface area (Å²) in [5, 5.41) is 0.396. The van der Waals surface area contributed by atoms with Crippen molar-refractivity contribution in [3.63, 3.8) is 0 Å². The SMILES string of the molecule is O=S(=O)(c1cccc(Cl)c1)N1CCOC1c1ccccc1. The summed E-state index contributed by atoms with van der Waals surface area (Å²) in [6.07, 6.45) is -0.588. The number of hydrogen-bond acceptors (Lipinski definition) is 3. The molecule has 4 nitrogen and oxygen atoms in total. The summed E-state index contributed by atoms with van der Waals surface area (Å²) in [7, 11) is -3.63. The fourth-order valence-electron chi connectivity index (χ4n) is 2.34. The number of halogens is 1. The van der Waals surface area contributed by atoms with Crippen molar-refractivity contribution >= 4 is 21.6 Å². The van der Waals surface area contributed by atoms with Gasteiger partial charge >= 0.3 is 0 Å². The van der Waals surface area contributed by atoms with E-state index >= 15 is 0 Å².